The molecule has 1 atom stereocenters. The van der Waals surface area contributed by atoms with Crippen LogP contribution >= 0.6 is 0 Å². The number of likely N-dealkylation sites (N-methyl/N-ethyl adjacent to an activating group) is 1. The van der Waals surface area contributed by atoms with E-state index in [-0.39, 0.29) is 25.0 Å². The van der Waals surface area contributed by atoms with Gasteiger partial charge in [0.2, 0.25) is 11.8 Å². The average molecular weight is 383 g/mol. The molecule has 0 aromatic heterocycles. The highest BCUT2D eigenvalue weighted by Gasteiger charge is 2.22. The second-order valence-corrected chi connectivity index (χ2v) is 6.30. The van der Waals surface area contributed by atoms with Crippen LogP contribution in [0.25, 0.3) is 0 Å². The zero-order valence-corrected chi connectivity index (χ0v) is 16.1. The summed E-state index contributed by atoms with van der Waals surface area (Å²) in [5.41, 5.74) is 1.82. The molecule has 0 unspecified atom stereocenters. The smallest absolute Gasteiger partial charge is 0.407 e. The van der Waals surface area contributed by atoms with Gasteiger partial charge >= 0.3 is 6.09 Å². The molecule has 0 radical (unpaired) electrons. The molecule has 0 saturated carbocycles. The van der Waals surface area contributed by atoms with Crippen LogP contribution in [0.3, 0.4) is 0 Å². The van der Waals surface area contributed by atoms with E-state index in [4.69, 9.17) is 4.74 Å². The lowest BCUT2D eigenvalue weighted by atomic mass is 10.2. The van der Waals surface area contributed by atoms with Gasteiger partial charge in [-0.2, -0.15) is 0 Å². The van der Waals surface area contributed by atoms with Gasteiger partial charge in [-0.1, -0.05) is 60.7 Å². The van der Waals surface area contributed by atoms with Gasteiger partial charge in [0.15, 0.2) is 0 Å². The molecule has 0 saturated heterocycles. The van der Waals surface area contributed by atoms with E-state index in [0.717, 1.165) is 11.1 Å². The summed E-state index contributed by atoms with van der Waals surface area (Å²) in [5, 5.41) is 5.19. The van der Waals surface area contributed by atoms with Crippen LogP contribution in [0.1, 0.15) is 18.1 Å². The molecule has 0 heterocycles. The van der Waals surface area contributed by atoms with Crippen molar-refractivity contribution in [2.24, 2.45) is 0 Å². The third-order valence-corrected chi connectivity index (χ3v) is 4.26. The van der Waals surface area contributed by atoms with Crippen molar-refractivity contribution in [3.63, 3.8) is 0 Å². The normalized spacial score (nSPS) is 11.2. The van der Waals surface area contributed by atoms with Gasteiger partial charge in [0.25, 0.3) is 0 Å². The molecule has 2 rings (SSSR count). The van der Waals surface area contributed by atoms with E-state index in [1.165, 1.54) is 11.9 Å². The maximum Gasteiger partial charge on any atom is 0.407 e. The van der Waals surface area contributed by atoms with Gasteiger partial charge in [0.05, 0.1) is 0 Å². The van der Waals surface area contributed by atoms with Crippen molar-refractivity contribution in [3.05, 3.63) is 71.8 Å². The number of nitrogens with one attached hydrogen (secondary N) is 2. The van der Waals surface area contributed by atoms with Crippen molar-refractivity contribution >= 4 is 17.9 Å². The Balaban J connectivity index is 1.71. The number of alkyl carbamates (subject to hydrolysis) is 1. The predicted molar refractivity (Wildman–Crippen MR) is 105 cm³/mol. The first-order valence-corrected chi connectivity index (χ1v) is 8.99. The first-order valence-electron chi connectivity index (χ1n) is 8.99. The number of amides is 3. The number of benzene rings is 2. The van der Waals surface area contributed by atoms with Crippen molar-refractivity contribution in [1.82, 2.24) is 15.5 Å². The van der Waals surface area contributed by atoms with Crippen LogP contribution in [-0.4, -0.2) is 42.4 Å². The van der Waals surface area contributed by atoms with Gasteiger partial charge in [0.1, 0.15) is 19.2 Å². The SMILES string of the molecule is C[C@@H](C(=O)NCc1ccccc1)N(C)C(=O)CNC(=O)OCc1ccccc1. The minimum atomic E-state index is -0.688. The molecule has 3 amide bonds. The molecule has 2 aromatic rings. The summed E-state index contributed by atoms with van der Waals surface area (Å²) in [7, 11) is 1.52. The van der Waals surface area contributed by atoms with Crippen molar-refractivity contribution < 1.29 is 19.1 Å². The third kappa shape index (κ3) is 6.75. The molecule has 0 bridgehead atoms. The molecule has 0 aliphatic heterocycles. The third-order valence-electron chi connectivity index (χ3n) is 4.26. The van der Waals surface area contributed by atoms with Crippen molar-refractivity contribution in [3.8, 4) is 0 Å². The number of nitrogens with zero attached hydrogens (tertiary/aromatic N) is 1. The zero-order chi connectivity index (χ0) is 20.4. The van der Waals surface area contributed by atoms with Gasteiger partial charge in [-0.25, -0.2) is 4.79 Å². The summed E-state index contributed by atoms with van der Waals surface area (Å²) in [6.07, 6.45) is -0.688. The fourth-order valence-electron chi connectivity index (χ4n) is 2.37. The van der Waals surface area contributed by atoms with Gasteiger partial charge in [-0.3, -0.25) is 9.59 Å². The molecule has 28 heavy (non-hydrogen) atoms. The average Bonchev–Trinajstić information content (AvgIpc) is 2.74. The van der Waals surface area contributed by atoms with Crippen molar-refractivity contribution in [2.75, 3.05) is 13.6 Å². The van der Waals surface area contributed by atoms with Crippen LogP contribution in [0.2, 0.25) is 0 Å². The topological polar surface area (TPSA) is 87.7 Å². The maximum atomic E-state index is 12.2. The number of carbonyl (C=O) groups is 3. The summed E-state index contributed by atoms with van der Waals surface area (Å²) >= 11 is 0. The minimum absolute atomic E-state index is 0.120. The Morgan fingerprint density at radius 3 is 2.11 bits per heavy atom. The molecule has 7 nitrogen and oxygen atoms in total. The largest absolute Gasteiger partial charge is 0.445 e. The molecule has 0 fully saturated rings. The van der Waals surface area contributed by atoms with Gasteiger partial charge in [-0.15, -0.1) is 0 Å². The van der Waals surface area contributed by atoms with Crippen LogP contribution in [0, 0.1) is 0 Å². The highest BCUT2D eigenvalue weighted by atomic mass is 16.5. The highest BCUT2D eigenvalue weighted by molar-refractivity contribution is 5.89. The fraction of sp³-hybridized carbons (Fsp3) is 0.286. The van der Waals surface area contributed by atoms with Crippen LogP contribution in [0.15, 0.2) is 60.7 Å². The summed E-state index contributed by atoms with van der Waals surface area (Å²) in [6, 6.07) is 18.1. The molecule has 0 spiro atoms. The second-order valence-electron chi connectivity index (χ2n) is 6.30. The standard InChI is InChI=1S/C21H25N3O4/c1-16(20(26)22-13-17-9-5-3-6-10-17)24(2)19(25)14-23-21(27)28-15-18-11-7-4-8-12-18/h3-12,16H,13-15H2,1-2H3,(H,22,26)(H,23,27)/t16-/m0/s1. The minimum Gasteiger partial charge on any atom is -0.445 e. The van der Waals surface area contributed by atoms with Crippen molar-refractivity contribution in [1.29, 1.82) is 0 Å². The summed E-state index contributed by atoms with van der Waals surface area (Å²) < 4.78 is 5.05. The van der Waals surface area contributed by atoms with Gasteiger partial charge < -0.3 is 20.3 Å². The van der Waals surface area contributed by atoms with E-state index in [9.17, 15) is 14.4 Å². The Bertz CT molecular complexity index is 781. The van der Waals surface area contributed by atoms with Gasteiger partial charge in [-0.05, 0) is 18.1 Å². The van der Waals surface area contributed by atoms with E-state index in [1.807, 2.05) is 60.7 Å². The molecule has 0 aliphatic carbocycles. The highest BCUT2D eigenvalue weighted by Crippen LogP contribution is 2.02. The zero-order valence-electron chi connectivity index (χ0n) is 16.1. The summed E-state index contributed by atoms with van der Waals surface area (Å²) in [5.74, 6) is -0.662. The molecule has 2 aromatic carbocycles. The van der Waals surface area contributed by atoms with Crippen LogP contribution < -0.4 is 10.6 Å². The number of ether oxygens (including phenoxy) is 1. The van der Waals surface area contributed by atoms with E-state index >= 15 is 0 Å². The Labute approximate surface area is 164 Å². The fourth-order valence-corrected chi connectivity index (χ4v) is 2.37. The summed E-state index contributed by atoms with van der Waals surface area (Å²) in [6.45, 7) is 1.89. The first kappa shape index (κ1) is 21.0. The van der Waals surface area contributed by atoms with E-state index in [2.05, 4.69) is 10.6 Å². The number of hydrogen-bond donors (Lipinski definition) is 2. The maximum absolute atomic E-state index is 12.2. The molecular weight excluding hydrogens is 358 g/mol. The van der Waals surface area contributed by atoms with E-state index < -0.39 is 12.1 Å². The quantitative estimate of drug-likeness (QED) is 0.731. The number of rotatable bonds is 8. The molecule has 7 heteroatoms. The Hall–Kier alpha value is -3.35. The van der Waals surface area contributed by atoms with Crippen molar-refractivity contribution in [2.45, 2.75) is 26.1 Å². The number of hydrogen-bond acceptors (Lipinski definition) is 4. The molecule has 2 N–H and O–H groups in total. The van der Waals surface area contributed by atoms with E-state index in [0.29, 0.717) is 6.54 Å². The Morgan fingerprint density at radius 1 is 0.929 bits per heavy atom. The summed E-state index contributed by atoms with van der Waals surface area (Å²) in [4.78, 5) is 37.5. The van der Waals surface area contributed by atoms with E-state index in [1.54, 1.807) is 6.92 Å². The monoisotopic (exact) mass is 383 g/mol. The lowest BCUT2D eigenvalue weighted by Gasteiger charge is -2.24. The van der Waals surface area contributed by atoms with Crippen LogP contribution in [0.4, 0.5) is 4.79 Å². The number of carbonyl (C=O) groups excluding carboxylic acids is 3. The second kappa shape index (κ2) is 10.7. The lowest BCUT2D eigenvalue weighted by Crippen LogP contribution is -2.48. The Kier molecular flexibility index (Phi) is 8.02. The Morgan fingerprint density at radius 2 is 1.50 bits per heavy atom. The predicted octanol–water partition coefficient (Wildman–Crippen LogP) is 2.08. The van der Waals surface area contributed by atoms with Gasteiger partial charge in [0, 0.05) is 13.6 Å². The molecular formula is C21H25N3O4. The first-order chi connectivity index (χ1) is 13.5. The molecule has 148 valence electrons. The van der Waals surface area contributed by atoms with Crippen LogP contribution in [0.5, 0.6) is 0 Å². The van der Waals surface area contributed by atoms with Crippen LogP contribution in [-0.2, 0) is 27.5 Å². The lowest BCUT2D eigenvalue weighted by molar-refractivity contribution is -0.137. The molecule has 0 aliphatic rings.